The highest BCUT2D eigenvalue weighted by Gasteiger charge is 2.15. The molecule has 0 unspecified atom stereocenters. The Morgan fingerprint density at radius 3 is 2.65 bits per heavy atom. The monoisotopic (exact) mass is 395 g/mol. The van der Waals surface area contributed by atoms with Crippen LogP contribution in [0.25, 0.3) is 0 Å². The number of nitrogens with zero attached hydrogens (tertiary/aromatic N) is 1. The van der Waals surface area contributed by atoms with Crippen LogP contribution >= 0.6 is 23.7 Å². The van der Waals surface area contributed by atoms with Crippen molar-refractivity contribution in [3.8, 4) is 5.75 Å². The van der Waals surface area contributed by atoms with Crippen LogP contribution in [0.15, 0.2) is 29.6 Å². The summed E-state index contributed by atoms with van der Waals surface area (Å²) in [5.74, 6) is 0.759. The fraction of sp³-hybridized carbons (Fsp3) is 0.474. The van der Waals surface area contributed by atoms with Gasteiger partial charge >= 0.3 is 0 Å². The fourth-order valence-corrected chi connectivity index (χ4v) is 3.78. The molecule has 0 radical (unpaired) electrons. The average molecular weight is 396 g/mol. The lowest BCUT2D eigenvalue weighted by molar-refractivity contribution is 0.0946. The summed E-state index contributed by atoms with van der Waals surface area (Å²) in [7, 11) is 0. The molecule has 7 heteroatoms. The summed E-state index contributed by atoms with van der Waals surface area (Å²) >= 11 is 1.47. The first kappa shape index (κ1) is 20.7. The molecule has 0 spiro atoms. The van der Waals surface area contributed by atoms with Crippen LogP contribution in [0.2, 0.25) is 0 Å². The summed E-state index contributed by atoms with van der Waals surface area (Å²) in [6.45, 7) is 1.02. The molecule has 5 nitrogen and oxygen atoms in total. The predicted octanol–water partition coefficient (Wildman–Crippen LogP) is 3.71. The largest absolute Gasteiger partial charge is 0.490 e. The number of thiazole rings is 1. The van der Waals surface area contributed by atoms with Gasteiger partial charge in [0, 0.05) is 18.3 Å². The van der Waals surface area contributed by atoms with Crippen LogP contribution in [-0.2, 0) is 13.0 Å². The molecule has 0 atom stereocenters. The number of halogens is 1. The molecule has 3 N–H and O–H groups in total. The number of ether oxygens (including phenoxy) is 1. The van der Waals surface area contributed by atoms with E-state index in [1.807, 2.05) is 24.3 Å². The van der Waals surface area contributed by atoms with Crippen LogP contribution in [-0.4, -0.2) is 23.5 Å². The first-order chi connectivity index (χ1) is 12.2. The lowest BCUT2D eigenvalue weighted by Gasteiger charge is -2.23. The molecule has 142 valence electrons. The van der Waals surface area contributed by atoms with E-state index in [1.165, 1.54) is 30.6 Å². The number of hydrogen-bond donors (Lipinski definition) is 2. The van der Waals surface area contributed by atoms with Crippen LogP contribution in [0, 0.1) is 0 Å². The second kappa shape index (κ2) is 10.5. The number of nitrogens with one attached hydrogen (secondary N) is 1. The van der Waals surface area contributed by atoms with E-state index in [-0.39, 0.29) is 18.3 Å². The van der Waals surface area contributed by atoms with Crippen molar-refractivity contribution in [1.82, 2.24) is 10.3 Å². The Kier molecular flexibility index (Phi) is 8.35. The van der Waals surface area contributed by atoms with Gasteiger partial charge in [-0.05, 0) is 49.9 Å². The number of aromatic nitrogens is 1. The van der Waals surface area contributed by atoms with E-state index >= 15 is 0 Å². The van der Waals surface area contributed by atoms with Gasteiger partial charge in [0.15, 0.2) is 0 Å². The lowest BCUT2D eigenvalue weighted by Crippen LogP contribution is -2.23. The summed E-state index contributed by atoms with van der Waals surface area (Å²) in [6.07, 6.45) is 7.21. The molecule has 26 heavy (non-hydrogen) atoms. The first-order valence-electron chi connectivity index (χ1n) is 8.93. The summed E-state index contributed by atoms with van der Waals surface area (Å²) in [5, 5.41) is 5.58. The van der Waals surface area contributed by atoms with Gasteiger partial charge in [-0.1, -0.05) is 18.6 Å². The average Bonchev–Trinajstić information content (AvgIpc) is 3.11. The molecular formula is C19H26ClN3O2S. The maximum atomic E-state index is 12.1. The number of hydrogen-bond acceptors (Lipinski definition) is 5. The Bertz CT molecular complexity index is 684. The van der Waals surface area contributed by atoms with E-state index in [2.05, 4.69) is 10.3 Å². The van der Waals surface area contributed by atoms with Crippen molar-refractivity contribution in [1.29, 1.82) is 0 Å². The summed E-state index contributed by atoms with van der Waals surface area (Å²) < 4.78 is 6.02. The van der Waals surface area contributed by atoms with Gasteiger partial charge in [-0.15, -0.1) is 23.7 Å². The van der Waals surface area contributed by atoms with E-state index < -0.39 is 0 Å². The van der Waals surface area contributed by atoms with Gasteiger partial charge < -0.3 is 15.8 Å². The van der Waals surface area contributed by atoms with Gasteiger partial charge in [0.05, 0.1) is 11.1 Å². The lowest BCUT2D eigenvalue weighted by atomic mass is 9.98. The molecule has 1 fully saturated rings. The number of amides is 1. The minimum atomic E-state index is -0.151. The van der Waals surface area contributed by atoms with Crippen molar-refractivity contribution in [2.45, 2.75) is 51.2 Å². The first-order valence-corrected chi connectivity index (χ1v) is 9.81. The molecule has 0 aliphatic heterocycles. The molecule has 1 heterocycles. The van der Waals surface area contributed by atoms with E-state index in [1.54, 1.807) is 5.38 Å². The van der Waals surface area contributed by atoms with Crippen LogP contribution in [0.4, 0.5) is 0 Å². The standard InChI is InChI=1S/C19H25N3O2S.ClH/c20-11-10-18-22-17(13-25-18)19(23)21-12-14-6-8-16(9-7-14)24-15-4-2-1-3-5-15;/h6-9,13,15H,1-5,10-12,20H2,(H,21,23);1H. The molecule has 1 saturated carbocycles. The van der Waals surface area contributed by atoms with Gasteiger partial charge in [-0.3, -0.25) is 4.79 Å². The molecule has 3 rings (SSSR count). The van der Waals surface area contributed by atoms with Crippen molar-refractivity contribution in [3.63, 3.8) is 0 Å². The fourth-order valence-electron chi connectivity index (χ4n) is 2.99. The maximum Gasteiger partial charge on any atom is 0.271 e. The zero-order valence-corrected chi connectivity index (χ0v) is 16.4. The van der Waals surface area contributed by atoms with E-state index in [0.717, 1.165) is 29.2 Å². The quantitative estimate of drug-likeness (QED) is 0.749. The third kappa shape index (κ3) is 5.97. The summed E-state index contributed by atoms with van der Waals surface area (Å²) in [4.78, 5) is 16.4. The summed E-state index contributed by atoms with van der Waals surface area (Å²) in [6, 6.07) is 7.97. The third-order valence-electron chi connectivity index (χ3n) is 4.37. The Balaban J connectivity index is 0.00000243. The zero-order chi connectivity index (χ0) is 17.5. The molecule has 0 bridgehead atoms. The normalized spacial score (nSPS) is 14.5. The van der Waals surface area contributed by atoms with E-state index in [0.29, 0.717) is 31.3 Å². The molecule has 0 saturated heterocycles. The molecule has 2 aromatic rings. The number of carbonyl (C=O) groups is 1. The minimum absolute atomic E-state index is 0. The van der Waals surface area contributed by atoms with Crippen LogP contribution < -0.4 is 15.8 Å². The Morgan fingerprint density at radius 1 is 1.23 bits per heavy atom. The van der Waals surface area contributed by atoms with Crippen molar-refractivity contribution < 1.29 is 9.53 Å². The Hall–Kier alpha value is -1.63. The number of benzene rings is 1. The van der Waals surface area contributed by atoms with Gasteiger partial charge in [0.1, 0.15) is 11.4 Å². The highest BCUT2D eigenvalue weighted by Crippen LogP contribution is 2.23. The summed E-state index contributed by atoms with van der Waals surface area (Å²) in [5.41, 5.74) is 7.01. The van der Waals surface area contributed by atoms with Crippen LogP contribution in [0.3, 0.4) is 0 Å². The minimum Gasteiger partial charge on any atom is -0.490 e. The highest BCUT2D eigenvalue weighted by atomic mass is 35.5. The molecule has 1 amide bonds. The maximum absolute atomic E-state index is 12.1. The van der Waals surface area contributed by atoms with Crippen LogP contribution in [0.5, 0.6) is 5.75 Å². The van der Waals surface area contributed by atoms with E-state index in [4.69, 9.17) is 10.5 Å². The van der Waals surface area contributed by atoms with Crippen molar-refractivity contribution in [2.24, 2.45) is 5.73 Å². The van der Waals surface area contributed by atoms with Crippen LogP contribution in [0.1, 0.15) is 53.2 Å². The molecule has 1 aliphatic carbocycles. The second-order valence-corrected chi connectivity index (χ2v) is 7.31. The second-order valence-electron chi connectivity index (χ2n) is 6.37. The van der Waals surface area contributed by atoms with Crippen molar-refractivity contribution in [3.05, 3.63) is 45.9 Å². The molecular weight excluding hydrogens is 370 g/mol. The van der Waals surface area contributed by atoms with Crippen molar-refractivity contribution in [2.75, 3.05) is 6.54 Å². The van der Waals surface area contributed by atoms with Gasteiger partial charge in [0.25, 0.3) is 5.91 Å². The number of rotatable bonds is 7. The van der Waals surface area contributed by atoms with Gasteiger partial charge in [-0.25, -0.2) is 4.98 Å². The molecule has 1 aromatic carbocycles. The Morgan fingerprint density at radius 2 is 1.96 bits per heavy atom. The number of nitrogens with two attached hydrogens (primary N) is 1. The zero-order valence-electron chi connectivity index (χ0n) is 14.8. The van der Waals surface area contributed by atoms with E-state index in [9.17, 15) is 4.79 Å². The molecule has 1 aliphatic rings. The predicted molar refractivity (Wildman–Crippen MR) is 107 cm³/mol. The van der Waals surface area contributed by atoms with Gasteiger partial charge in [-0.2, -0.15) is 0 Å². The molecule has 1 aromatic heterocycles. The van der Waals surface area contributed by atoms with Crippen molar-refractivity contribution >= 4 is 29.7 Å². The Labute approximate surface area is 164 Å². The SMILES string of the molecule is Cl.NCCc1nc(C(=O)NCc2ccc(OC3CCCCC3)cc2)cs1. The third-order valence-corrected chi connectivity index (χ3v) is 5.28. The topological polar surface area (TPSA) is 77.2 Å². The smallest absolute Gasteiger partial charge is 0.271 e. The van der Waals surface area contributed by atoms with Gasteiger partial charge in [0.2, 0.25) is 0 Å². The highest BCUT2D eigenvalue weighted by molar-refractivity contribution is 7.09. The number of carbonyl (C=O) groups excluding carboxylic acids is 1.